The van der Waals surface area contributed by atoms with Crippen LogP contribution >= 0.6 is 12.4 Å². The number of likely N-dealkylation sites (tertiary alicyclic amines) is 1. The number of hydrogen-bond donors (Lipinski definition) is 1. The highest BCUT2D eigenvalue weighted by Gasteiger charge is 2.57. The first kappa shape index (κ1) is 23.7. The van der Waals surface area contributed by atoms with E-state index >= 15 is 0 Å². The number of carbonyl (C=O) groups is 1. The van der Waals surface area contributed by atoms with Gasteiger partial charge in [0.1, 0.15) is 17.3 Å². The van der Waals surface area contributed by atoms with Gasteiger partial charge in [0, 0.05) is 42.0 Å². The van der Waals surface area contributed by atoms with E-state index < -0.39 is 0 Å². The van der Waals surface area contributed by atoms with Crippen LogP contribution in [0.25, 0.3) is 0 Å². The third-order valence-electron chi connectivity index (χ3n) is 8.79. The molecule has 0 amide bonds. The van der Waals surface area contributed by atoms with Gasteiger partial charge >= 0.3 is 0 Å². The molecule has 6 rings (SSSR count). The molecule has 3 fully saturated rings. The van der Waals surface area contributed by atoms with Crippen LogP contribution in [0.3, 0.4) is 0 Å². The monoisotopic (exact) mass is 481 g/mol. The number of ether oxygens (including phenoxy) is 1. The molecule has 2 saturated carbocycles. The van der Waals surface area contributed by atoms with Gasteiger partial charge in [0.25, 0.3) is 0 Å². The average Bonchev–Trinajstić information content (AvgIpc) is 3.64. The maximum atomic E-state index is 12.7. The molecule has 3 atom stereocenters. The van der Waals surface area contributed by atoms with E-state index in [0.29, 0.717) is 42.9 Å². The summed E-state index contributed by atoms with van der Waals surface area (Å²) in [5, 5.41) is 11.1. The third kappa shape index (κ3) is 4.24. The van der Waals surface area contributed by atoms with Crippen molar-refractivity contribution in [1.29, 1.82) is 0 Å². The second-order valence-electron chi connectivity index (χ2n) is 10.9. The summed E-state index contributed by atoms with van der Waals surface area (Å²) in [5.41, 5.74) is 3.34. The molecule has 2 bridgehead atoms. The number of hydrogen-bond acceptors (Lipinski definition) is 4. The molecule has 0 unspecified atom stereocenters. The maximum absolute atomic E-state index is 12.7. The lowest BCUT2D eigenvalue weighted by atomic mass is 9.52. The van der Waals surface area contributed by atoms with Crippen molar-refractivity contribution in [1.82, 2.24) is 4.90 Å². The van der Waals surface area contributed by atoms with Crippen LogP contribution in [0.1, 0.15) is 61.6 Å². The number of nitrogens with zero attached hydrogens (tertiary/aromatic N) is 1. The van der Waals surface area contributed by atoms with E-state index in [2.05, 4.69) is 35.2 Å². The number of ketones is 1. The van der Waals surface area contributed by atoms with E-state index in [0.717, 1.165) is 55.9 Å². The summed E-state index contributed by atoms with van der Waals surface area (Å²) in [4.78, 5) is 15.4. The lowest BCUT2D eigenvalue weighted by Crippen LogP contribution is -2.62. The second-order valence-corrected chi connectivity index (χ2v) is 10.9. The van der Waals surface area contributed by atoms with Crippen LogP contribution < -0.4 is 4.74 Å². The zero-order valence-corrected chi connectivity index (χ0v) is 20.7. The number of carbonyl (C=O) groups excluding carboxylic acids is 1. The molecule has 0 spiro atoms. The number of piperidine rings is 1. The van der Waals surface area contributed by atoms with Gasteiger partial charge in [-0.1, -0.05) is 30.3 Å². The molecule has 5 heteroatoms. The summed E-state index contributed by atoms with van der Waals surface area (Å²) >= 11 is 0. The predicted molar refractivity (Wildman–Crippen MR) is 136 cm³/mol. The molecule has 1 heterocycles. The third-order valence-corrected chi connectivity index (χ3v) is 8.79. The van der Waals surface area contributed by atoms with Crippen molar-refractivity contribution in [3.05, 3.63) is 59.2 Å². The molecule has 0 aromatic heterocycles. The Morgan fingerprint density at radius 1 is 1.09 bits per heavy atom. The summed E-state index contributed by atoms with van der Waals surface area (Å²) in [6, 6.07) is 14.8. The lowest BCUT2D eigenvalue weighted by molar-refractivity contribution is -0.127. The Kier molecular flexibility index (Phi) is 6.65. The van der Waals surface area contributed by atoms with Crippen molar-refractivity contribution in [2.45, 2.75) is 69.2 Å². The molecular formula is C29H36ClNO3. The Balaban J connectivity index is 0.00000241. The standard InChI is InChI=1S/C29H35NO3.ClH/c31-22-10-11-24-25-17-23-27(33-16-4-7-20-5-2-1-3-6-20)13-12-26(32)28(23)29(24,18-22)14-15-30(25)19-21-8-9-21;/h1-3,5-6,12-13,21,24-25,32H,4,7-11,14-19H2;1H/t24-,25+,29-;/m0./s1. The highest BCUT2D eigenvalue weighted by Crippen LogP contribution is 2.58. The molecule has 4 aliphatic rings. The Morgan fingerprint density at radius 3 is 2.71 bits per heavy atom. The van der Waals surface area contributed by atoms with Gasteiger partial charge in [-0.3, -0.25) is 9.69 Å². The van der Waals surface area contributed by atoms with Gasteiger partial charge in [-0.05, 0) is 81.0 Å². The smallest absolute Gasteiger partial charge is 0.133 e. The van der Waals surface area contributed by atoms with Crippen LogP contribution in [0, 0.1) is 11.8 Å². The average molecular weight is 482 g/mol. The zero-order chi connectivity index (χ0) is 22.4. The van der Waals surface area contributed by atoms with Crippen LogP contribution in [-0.4, -0.2) is 41.5 Å². The molecule has 0 radical (unpaired) electrons. The summed E-state index contributed by atoms with van der Waals surface area (Å²) in [5.74, 6) is 2.99. The van der Waals surface area contributed by atoms with Crippen LogP contribution in [-0.2, 0) is 23.1 Å². The number of halogens is 1. The minimum atomic E-state index is -0.207. The number of aromatic hydroxyl groups is 1. The fraction of sp³-hybridized carbons (Fsp3) is 0.552. The van der Waals surface area contributed by atoms with Crippen molar-refractivity contribution in [3.63, 3.8) is 0 Å². The summed E-state index contributed by atoms with van der Waals surface area (Å²) < 4.78 is 6.36. The molecule has 34 heavy (non-hydrogen) atoms. The first-order chi connectivity index (χ1) is 16.1. The van der Waals surface area contributed by atoms with Crippen LogP contribution in [0.4, 0.5) is 0 Å². The van der Waals surface area contributed by atoms with Gasteiger partial charge in [-0.2, -0.15) is 0 Å². The lowest BCUT2D eigenvalue weighted by Gasteiger charge is -2.58. The number of fused-ring (bicyclic) bond motifs is 1. The summed E-state index contributed by atoms with van der Waals surface area (Å²) in [7, 11) is 0. The SMILES string of the molecule is Cl.O=C1CC[C@H]2[C@H]3Cc4c(OCCCc5ccccc5)ccc(O)c4[C@@]2(CCN3CC2CC2)C1. The highest BCUT2D eigenvalue weighted by atomic mass is 35.5. The Morgan fingerprint density at radius 2 is 1.91 bits per heavy atom. The zero-order valence-electron chi connectivity index (χ0n) is 19.9. The van der Waals surface area contributed by atoms with Crippen LogP contribution in [0.15, 0.2) is 42.5 Å². The van der Waals surface area contributed by atoms with Crippen molar-refractivity contribution in [2.75, 3.05) is 19.7 Å². The number of Topliss-reactive ketones (excluding diaryl/α,β-unsaturated/α-hetero) is 1. The van der Waals surface area contributed by atoms with E-state index in [1.807, 2.05) is 12.1 Å². The van der Waals surface area contributed by atoms with Gasteiger partial charge < -0.3 is 9.84 Å². The number of phenols is 1. The van der Waals surface area contributed by atoms with Crippen molar-refractivity contribution < 1.29 is 14.6 Å². The number of rotatable bonds is 7. The molecule has 1 aliphatic heterocycles. The fourth-order valence-corrected chi connectivity index (χ4v) is 7.11. The van der Waals surface area contributed by atoms with Gasteiger partial charge in [-0.25, -0.2) is 0 Å². The van der Waals surface area contributed by atoms with Crippen LogP contribution in [0.5, 0.6) is 11.5 Å². The van der Waals surface area contributed by atoms with Gasteiger partial charge in [0.2, 0.25) is 0 Å². The quantitative estimate of drug-likeness (QED) is 0.532. The van der Waals surface area contributed by atoms with Crippen molar-refractivity contribution in [3.8, 4) is 11.5 Å². The fourth-order valence-electron chi connectivity index (χ4n) is 7.11. The predicted octanol–water partition coefficient (Wildman–Crippen LogP) is 5.47. The maximum Gasteiger partial charge on any atom is 0.133 e. The molecule has 1 N–H and O–H groups in total. The first-order valence-corrected chi connectivity index (χ1v) is 12.9. The van der Waals surface area contributed by atoms with Gasteiger partial charge in [0.15, 0.2) is 0 Å². The van der Waals surface area contributed by atoms with Gasteiger partial charge in [-0.15, -0.1) is 12.4 Å². The summed E-state index contributed by atoms with van der Waals surface area (Å²) in [6.45, 7) is 2.91. The number of benzene rings is 2. The molecule has 4 nitrogen and oxygen atoms in total. The number of aryl methyl sites for hydroxylation is 1. The summed E-state index contributed by atoms with van der Waals surface area (Å²) in [6.07, 6.45) is 8.86. The Hall–Kier alpha value is -2.04. The largest absolute Gasteiger partial charge is 0.508 e. The highest BCUT2D eigenvalue weighted by molar-refractivity contribution is 5.85. The van der Waals surface area contributed by atoms with Crippen molar-refractivity contribution in [2.24, 2.45) is 11.8 Å². The van der Waals surface area contributed by atoms with E-state index in [1.54, 1.807) is 0 Å². The van der Waals surface area contributed by atoms with E-state index in [-0.39, 0.29) is 17.8 Å². The second kappa shape index (κ2) is 9.54. The van der Waals surface area contributed by atoms with E-state index in [1.165, 1.54) is 30.5 Å². The number of phenolic OH excluding ortho intramolecular Hbond substituents is 1. The van der Waals surface area contributed by atoms with Crippen LogP contribution in [0.2, 0.25) is 0 Å². The Bertz CT molecular complexity index is 1040. The van der Waals surface area contributed by atoms with Crippen molar-refractivity contribution >= 4 is 18.2 Å². The molecule has 3 aliphatic carbocycles. The minimum Gasteiger partial charge on any atom is -0.508 e. The van der Waals surface area contributed by atoms with Gasteiger partial charge in [0.05, 0.1) is 6.61 Å². The molecule has 1 saturated heterocycles. The van der Waals surface area contributed by atoms with E-state index in [9.17, 15) is 9.90 Å². The molecule has 182 valence electrons. The Labute approximate surface area is 209 Å². The first-order valence-electron chi connectivity index (χ1n) is 12.9. The minimum absolute atomic E-state index is 0. The molecular weight excluding hydrogens is 446 g/mol. The molecule has 2 aromatic rings. The normalized spacial score (nSPS) is 27.9. The topological polar surface area (TPSA) is 49.8 Å². The van der Waals surface area contributed by atoms with E-state index in [4.69, 9.17) is 4.74 Å². The molecule has 2 aromatic carbocycles.